The lowest BCUT2D eigenvalue weighted by molar-refractivity contribution is -0.131. The van der Waals surface area contributed by atoms with Crippen molar-refractivity contribution in [1.29, 1.82) is 0 Å². The maximum absolute atomic E-state index is 12.4. The Morgan fingerprint density at radius 1 is 1.60 bits per heavy atom. The summed E-state index contributed by atoms with van der Waals surface area (Å²) in [5.41, 5.74) is 4.74. The van der Waals surface area contributed by atoms with Gasteiger partial charge in [-0.2, -0.15) is 0 Å². The molecule has 1 aliphatic heterocycles. The number of nitrogens with two attached hydrogens (primary N) is 1. The molecule has 0 saturated carbocycles. The third kappa shape index (κ3) is 2.90. The standard InChI is InChI=1S/C12H19N5O3/c13-10(17-19)12(2-7-20-8-3-12)11(18)16-4-1-9-14-5-6-15-9/h5-6,19H,1-4,7-8H2,(H2,13,17)(H,14,15)(H,16,18). The monoisotopic (exact) mass is 281 g/mol. The molecule has 0 atom stereocenters. The molecule has 2 heterocycles. The van der Waals surface area contributed by atoms with Crippen molar-refractivity contribution in [3.8, 4) is 0 Å². The topological polar surface area (TPSA) is 126 Å². The number of aromatic amines is 1. The maximum atomic E-state index is 12.4. The molecule has 0 aliphatic carbocycles. The molecule has 1 aromatic heterocycles. The minimum Gasteiger partial charge on any atom is -0.409 e. The summed E-state index contributed by atoms with van der Waals surface area (Å²) in [6.07, 6.45) is 4.81. The van der Waals surface area contributed by atoms with Gasteiger partial charge in [0.1, 0.15) is 11.2 Å². The lowest BCUT2D eigenvalue weighted by atomic mass is 9.78. The van der Waals surface area contributed by atoms with Crippen LogP contribution in [0.1, 0.15) is 18.7 Å². The van der Waals surface area contributed by atoms with Crippen LogP contribution in [0.5, 0.6) is 0 Å². The molecule has 110 valence electrons. The van der Waals surface area contributed by atoms with E-state index < -0.39 is 5.41 Å². The quantitative estimate of drug-likeness (QED) is 0.253. The Morgan fingerprint density at radius 2 is 2.35 bits per heavy atom. The Bertz CT molecular complexity index is 465. The van der Waals surface area contributed by atoms with Crippen LogP contribution in [0.2, 0.25) is 0 Å². The van der Waals surface area contributed by atoms with Crippen molar-refractivity contribution in [3.63, 3.8) is 0 Å². The first-order valence-corrected chi connectivity index (χ1v) is 6.51. The van der Waals surface area contributed by atoms with E-state index in [4.69, 9.17) is 15.7 Å². The zero-order valence-corrected chi connectivity index (χ0v) is 11.1. The molecule has 1 fully saturated rings. The number of ether oxygens (including phenoxy) is 1. The Morgan fingerprint density at radius 3 is 2.95 bits per heavy atom. The Labute approximate surface area is 116 Å². The number of aromatic nitrogens is 2. The zero-order chi connectivity index (χ0) is 14.4. The van der Waals surface area contributed by atoms with Crippen molar-refractivity contribution in [2.75, 3.05) is 19.8 Å². The molecule has 0 bridgehead atoms. The summed E-state index contributed by atoms with van der Waals surface area (Å²) in [4.78, 5) is 19.4. The van der Waals surface area contributed by atoms with E-state index in [2.05, 4.69) is 20.4 Å². The Balaban J connectivity index is 1.96. The fourth-order valence-corrected chi connectivity index (χ4v) is 2.31. The lowest BCUT2D eigenvalue weighted by Crippen LogP contribution is -2.53. The minimum atomic E-state index is -0.976. The number of hydrogen-bond donors (Lipinski definition) is 4. The Kier molecular flexibility index (Phi) is 4.57. The second kappa shape index (κ2) is 6.38. The third-order valence-corrected chi connectivity index (χ3v) is 3.58. The normalized spacial score (nSPS) is 18.7. The summed E-state index contributed by atoms with van der Waals surface area (Å²) < 4.78 is 5.25. The van der Waals surface area contributed by atoms with Crippen LogP contribution in [0.25, 0.3) is 0 Å². The van der Waals surface area contributed by atoms with Crippen LogP contribution < -0.4 is 11.1 Å². The molecule has 2 rings (SSSR count). The van der Waals surface area contributed by atoms with Crippen LogP contribution in [-0.2, 0) is 16.0 Å². The van der Waals surface area contributed by atoms with Crippen LogP contribution in [0, 0.1) is 5.41 Å². The van der Waals surface area contributed by atoms with Gasteiger partial charge in [-0.15, -0.1) is 0 Å². The molecule has 8 heteroatoms. The SMILES string of the molecule is N/C(=N/O)C1(C(=O)NCCc2ncc[nH]2)CCOCC1. The van der Waals surface area contributed by atoms with Crippen molar-refractivity contribution in [3.05, 3.63) is 18.2 Å². The summed E-state index contributed by atoms with van der Waals surface area (Å²) in [6.45, 7) is 1.28. The number of carbonyl (C=O) groups excluding carboxylic acids is 1. The first-order valence-electron chi connectivity index (χ1n) is 6.51. The van der Waals surface area contributed by atoms with Gasteiger partial charge in [0, 0.05) is 38.6 Å². The van der Waals surface area contributed by atoms with Gasteiger partial charge in [0.25, 0.3) is 0 Å². The van der Waals surface area contributed by atoms with Crippen molar-refractivity contribution < 1.29 is 14.7 Å². The number of oxime groups is 1. The van der Waals surface area contributed by atoms with E-state index >= 15 is 0 Å². The zero-order valence-electron chi connectivity index (χ0n) is 11.1. The minimum absolute atomic E-state index is 0.0590. The summed E-state index contributed by atoms with van der Waals surface area (Å²) in [6, 6.07) is 0. The van der Waals surface area contributed by atoms with Gasteiger partial charge in [0.2, 0.25) is 5.91 Å². The second-order valence-electron chi connectivity index (χ2n) is 4.72. The van der Waals surface area contributed by atoms with Gasteiger partial charge in [-0.25, -0.2) is 4.98 Å². The molecule has 0 spiro atoms. The predicted molar refractivity (Wildman–Crippen MR) is 71.2 cm³/mol. The fourth-order valence-electron chi connectivity index (χ4n) is 2.31. The summed E-state index contributed by atoms with van der Waals surface area (Å²) in [5.74, 6) is 0.508. The van der Waals surface area contributed by atoms with E-state index in [0.29, 0.717) is 39.0 Å². The van der Waals surface area contributed by atoms with E-state index in [1.807, 2.05) is 0 Å². The maximum Gasteiger partial charge on any atom is 0.234 e. The first kappa shape index (κ1) is 14.3. The molecule has 5 N–H and O–H groups in total. The summed E-state index contributed by atoms with van der Waals surface area (Å²) in [5, 5.41) is 14.7. The molecule has 8 nitrogen and oxygen atoms in total. The van der Waals surface area contributed by atoms with Gasteiger partial charge in [-0.05, 0) is 12.8 Å². The molecule has 1 aliphatic rings. The number of imidazole rings is 1. The molecule has 0 unspecified atom stereocenters. The molecule has 1 amide bonds. The van der Waals surface area contributed by atoms with Crippen LogP contribution in [0.15, 0.2) is 17.5 Å². The summed E-state index contributed by atoms with van der Waals surface area (Å²) in [7, 11) is 0. The highest BCUT2D eigenvalue weighted by Crippen LogP contribution is 2.31. The molecule has 20 heavy (non-hydrogen) atoms. The van der Waals surface area contributed by atoms with E-state index in [0.717, 1.165) is 5.82 Å². The van der Waals surface area contributed by atoms with E-state index in [9.17, 15) is 4.79 Å². The molecular weight excluding hydrogens is 262 g/mol. The highest BCUT2D eigenvalue weighted by molar-refractivity contribution is 6.06. The number of amidine groups is 1. The number of nitrogens with one attached hydrogen (secondary N) is 2. The predicted octanol–water partition coefficient (Wildman–Crippen LogP) is -0.388. The van der Waals surface area contributed by atoms with E-state index in [1.165, 1.54) is 0 Å². The average molecular weight is 281 g/mol. The fraction of sp³-hybridized carbons (Fsp3) is 0.583. The van der Waals surface area contributed by atoms with Crippen LogP contribution in [0.3, 0.4) is 0 Å². The van der Waals surface area contributed by atoms with Crippen LogP contribution in [0.4, 0.5) is 0 Å². The molecular formula is C12H19N5O3. The van der Waals surface area contributed by atoms with Crippen LogP contribution in [-0.4, -0.2) is 46.7 Å². The van der Waals surface area contributed by atoms with E-state index in [1.54, 1.807) is 12.4 Å². The smallest absolute Gasteiger partial charge is 0.234 e. The van der Waals surface area contributed by atoms with Gasteiger partial charge in [0.15, 0.2) is 5.84 Å². The molecule has 1 aromatic rings. The highest BCUT2D eigenvalue weighted by atomic mass is 16.5. The molecule has 0 radical (unpaired) electrons. The Hall–Kier alpha value is -2.09. The van der Waals surface area contributed by atoms with Crippen molar-refractivity contribution in [2.24, 2.45) is 16.3 Å². The number of rotatable bonds is 5. The second-order valence-corrected chi connectivity index (χ2v) is 4.72. The average Bonchev–Trinajstić information content (AvgIpc) is 3.00. The van der Waals surface area contributed by atoms with Gasteiger partial charge >= 0.3 is 0 Å². The van der Waals surface area contributed by atoms with Crippen molar-refractivity contribution >= 4 is 11.7 Å². The van der Waals surface area contributed by atoms with Gasteiger partial charge in [0.05, 0.1) is 0 Å². The number of H-pyrrole nitrogens is 1. The first-order chi connectivity index (χ1) is 9.69. The number of carbonyl (C=O) groups is 1. The van der Waals surface area contributed by atoms with Gasteiger partial charge in [-0.1, -0.05) is 5.16 Å². The number of nitrogens with zero attached hydrogens (tertiary/aromatic N) is 2. The third-order valence-electron chi connectivity index (χ3n) is 3.58. The summed E-state index contributed by atoms with van der Waals surface area (Å²) >= 11 is 0. The molecule has 1 saturated heterocycles. The number of amides is 1. The van der Waals surface area contributed by atoms with Crippen molar-refractivity contribution in [1.82, 2.24) is 15.3 Å². The largest absolute Gasteiger partial charge is 0.409 e. The van der Waals surface area contributed by atoms with Gasteiger partial charge < -0.3 is 26.0 Å². The van der Waals surface area contributed by atoms with Gasteiger partial charge in [-0.3, -0.25) is 4.79 Å². The molecule has 0 aromatic carbocycles. The van der Waals surface area contributed by atoms with E-state index in [-0.39, 0.29) is 11.7 Å². The van der Waals surface area contributed by atoms with Crippen molar-refractivity contribution in [2.45, 2.75) is 19.3 Å². The lowest BCUT2D eigenvalue weighted by Gasteiger charge is -2.34. The van der Waals surface area contributed by atoms with Crippen LogP contribution >= 0.6 is 0 Å². The highest BCUT2D eigenvalue weighted by Gasteiger charge is 2.44. The number of hydrogen-bond acceptors (Lipinski definition) is 5.